The molecule has 0 spiro atoms. The van der Waals surface area contributed by atoms with Gasteiger partial charge >= 0.3 is 0 Å². The van der Waals surface area contributed by atoms with Crippen LogP contribution in [0.2, 0.25) is 0 Å². The fourth-order valence-corrected chi connectivity index (χ4v) is 2.59. The highest BCUT2D eigenvalue weighted by Gasteiger charge is 2.16. The lowest BCUT2D eigenvalue weighted by molar-refractivity contribution is 0.849. The molecule has 0 N–H and O–H groups in total. The normalized spacial score (nSPS) is 10.3. The minimum atomic E-state index is 0.595. The van der Waals surface area contributed by atoms with Crippen LogP contribution in [0, 0.1) is 32.1 Å². The molecule has 0 bridgehead atoms. The van der Waals surface area contributed by atoms with Crippen molar-refractivity contribution in [2.75, 3.05) is 11.9 Å². The van der Waals surface area contributed by atoms with Crippen molar-refractivity contribution in [2.24, 2.45) is 0 Å². The lowest BCUT2D eigenvalue weighted by Gasteiger charge is -2.19. The molecule has 2 aromatic rings. The smallest absolute Gasteiger partial charge is 0.169 e. The first-order chi connectivity index (χ1) is 9.04. The summed E-state index contributed by atoms with van der Waals surface area (Å²) in [6, 6.07) is 2.22. The van der Waals surface area contributed by atoms with Gasteiger partial charge in [0.25, 0.3) is 0 Å². The number of nitrogens with zero attached hydrogens (tertiary/aromatic N) is 5. The van der Waals surface area contributed by atoms with Crippen molar-refractivity contribution in [1.82, 2.24) is 15.2 Å². The quantitative estimate of drug-likeness (QED) is 0.859. The molecule has 2 heterocycles. The van der Waals surface area contributed by atoms with Crippen LogP contribution in [0.3, 0.4) is 0 Å². The Bertz CT molecular complexity index is 641. The number of aryl methyl sites for hydroxylation is 2. The lowest BCUT2D eigenvalue weighted by atomic mass is 10.1. The number of nitriles is 1. The Morgan fingerprint density at radius 3 is 2.58 bits per heavy atom. The molecule has 0 aromatic carbocycles. The third kappa shape index (κ3) is 2.56. The summed E-state index contributed by atoms with van der Waals surface area (Å²) in [5.41, 5.74) is 5.13. The summed E-state index contributed by atoms with van der Waals surface area (Å²) in [6.07, 6.45) is 0. The molecule has 0 aliphatic heterocycles. The van der Waals surface area contributed by atoms with E-state index >= 15 is 0 Å². The van der Waals surface area contributed by atoms with Crippen molar-refractivity contribution < 1.29 is 0 Å². The molecule has 0 atom stereocenters. The van der Waals surface area contributed by atoms with Crippen molar-refractivity contribution in [3.63, 3.8) is 0 Å². The fourth-order valence-electron chi connectivity index (χ4n) is 1.77. The highest BCUT2D eigenvalue weighted by molar-refractivity contribution is 7.09. The summed E-state index contributed by atoms with van der Waals surface area (Å²) in [4.78, 5) is 7.34. The van der Waals surface area contributed by atoms with Gasteiger partial charge in [0.05, 0.1) is 23.4 Å². The Kier molecular flexibility index (Phi) is 3.76. The van der Waals surface area contributed by atoms with Crippen LogP contribution in [0.15, 0.2) is 5.51 Å². The van der Waals surface area contributed by atoms with Gasteiger partial charge in [-0.3, -0.25) is 0 Å². The van der Waals surface area contributed by atoms with E-state index in [1.807, 2.05) is 38.2 Å². The van der Waals surface area contributed by atoms with Gasteiger partial charge in [0.15, 0.2) is 5.82 Å². The van der Waals surface area contributed by atoms with Gasteiger partial charge in [-0.15, -0.1) is 16.4 Å². The number of anilines is 1. The Balaban J connectivity index is 2.35. The van der Waals surface area contributed by atoms with Gasteiger partial charge in [0.1, 0.15) is 11.6 Å². The molecule has 5 nitrogen and oxygen atoms in total. The van der Waals surface area contributed by atoms with Crippen LogP contribution in [0.5, 0.6) is 0 Å². The minimum absolute atomic E-state index is 0.595. The first kappa shape index (κ1) is 13.4. The molecule has 19 heavy (non-hydrogen) atoms. The number of hydrogen-bond donors (Lipinski definition) is 0. The average Bonchev–Trinajstić information content (AvgIpc) is 2.78. The second-order valence-electron chi connectivity index (χ2n) is 4.44. The summed E-state index contributed by atoms with van der Waals surface area (Å²) < 4.78 is 0. The zero-order valence-corrected chi connectivity index (χ0v) is 12.2. The van der Waals surface area contributed by atoms with Gasteiger partial charge in [0, 0.05) is 11.9 Å². The van der Waals surface area contributed by atoms with Crippen molar-refractivity contribution in [3.8, 4) is 6.07 Å². The SMILES string of the molecule is Cc1ncsc1CN(C)c1nnc(C)c(C)c1C#N. The number of rotatable bonds is 3. The molecule has 0 aliphatic carbocycles. The van der Waals surface area contributed by atoms with Crippen LogP contribution in [0.4, 0.5) is 5.82 Å². The standard InChI is InChI=1S/C13H15N5S/c1-8-9(2)16-17-13(11(8)5-14)18(4)6-12-10(3)15-7-19-12/h7H,6H2,1-4H3. The molecule has 6 heteroatoms. The predicted molar refractivity (Wildman–Crippen MR) is 75.2 cm³/mol. The predicted octanol–water partition coefficient (Wildman–Crippen LogP) is 2.37. The van der Waals surface area contributed by atoms with Crippen molar-refractivity contribution >= 4 is 17.2 Å². The van der Waals surface area contributed by atoms with E-state index in [0.717, 1.165) is 17.0 Å². The fraction of sp³-hybridized carbons (Fsp3) is 0.385. The highest BCUT2D eigenvalue weighted by Crippen LogP contribution is 2.23. The van der Waals surface area contributed by atoms with E-state index in [4.69, 9.17) is 0 Å². The van der Waals surface area contributed by atoms with Gasteiger partial charge in [0.2, 0.25) is 0 Å². The summed E-state index contributed by atoms with van der Waals surface area (Å²) in [7, 11) is 1.92. The molecule has 0 fully saturated rings. The number of aromatic nitrogens is 3. The van der Waals surface area contributed by atoms with E-state index in [1.165, 1.54) is 4.88 Å². The molecule has 2 aromatic heterocycles. The van der Waals surface area contributed by atoms with E-state index < -0.39 is 0 Å². The average molecular weight is 273 g/mol. The van der Waals surface area contributed by atoms with E-state index in [0.29, 0.717) is 17.9 Å². The molecule has 0 saturated heterocycles. The van der Waals surface area contributed by atoms with E-state index in [9.17, 15) is 5.26 Å². The van der Waals surface area contributed by atoms with Gasteiger partial charge in [-0.25, -0.2) is 4.98 Å². The third-order valence-corrected chi connectivity index (χ3v) is 4.05. The summed E-state index contributed by atoms with van der Waals surface area (Å²) in [5, 5.41) is 17.6. The van der Waals surface area contributed by atoms with Crippen molar-refractivity contribution in [2.45, 2.75) is 27.3 Å². The molecule has 0 unspecified atom stereocenters. The van der Waals surface area contributed by atoms with Crippen LogP contribution >= 0.6 is 11.3 Å². The summed E-state index contributed by atoms with van der Waals surface area (Å²) in [6.45, 7) is 6.43. The topological polar surface area (TPSA) is 65.7 Å². The first-order valence-corrected chi connectivity index (χ1v) is 6.76. The molecule has 0 amide bonds. The zero-order chi connectivity index (χ0) is 14.0. The van der Waals surface area contributed by atoms with Crippen molar-refractivity contribution in [3.05, 3.63) is 32.9 Å². The lowest BCUT2D eigenvalue weighted by Crippen LogP contribution is -2.20. The maximum absolute atomic E-state index is 9.30. The third-order valence-electron chi connectivity index (χ3n) is 3.14. The van der Waals surface area contributed by atoms with Crippen LogP contribution < -0.4 is 4.90 Å². The van der Waals surface area contributed by atoms with Crippen LogP contribution in [-0.2, 0) is 6.54 Å². The van der Waals surface area contributed by atoms with Crippen LogP contribution in [0.1, 0.15) is 27.4 Å². The van der Waals surface area contributed by atoms with Gasteiger partial charge < -0.3 is 4.90 Å². The molecule has 0 aliphatic rings. The zero-order valence-electron chi connectivity index (χ0n) is 11.4. The Morgan fingerprint density at radius 1 is 1.26 bits per heavy atom. The summed E-state index contributed by atoms with van der Waals surface area (Å²) >= 11 is 1.61. The molecule has 2 rings (SSSR count). The monoisotopic (exact) mass is 273 g/mol. The van der Waals surface area contributed by atoms with Crippen LogP contribution in [0.25, 0.3) is 0 Å². The Labute approximate surface area is 116 Å². The second-order valence-corrected chi connectivity index (χ2v) is 5.38. The molecular formula is C13H15N5S. The van der Waals surface area contributed by atoms with Gasteiger partial charge in [-0.1, -0.05) is 0 Å². The molecule has 0 saturated carbocycles. The maximum Gasteiger partial charge on any atom is 0.169 e. The molecule has 98 valence electrons. The van der Waals surface area contributed by atoms with E-state index in [-0.39, 0.29) is 0 Å². The largest absolute Gasteiger partial charge is 0.352 e. The van der Waals surface area contributed by atoms with Gasteiger partial charge in [-0.05, 0) is 26.3 Å². The number of hydrogen-bond acceptors (Lipinski definition) is 6. The van der Waals surface area contributed by atoms with Crippen LogP contribution in [-0.4, -0.2) is 22.2 Å². The maximum atomic E-state index is 9.30. The van der Waals surface area contributed by atoms with E-state index in [2.05, 4.69) is 21.3 Å². The highest BCUT2D eigenvalue weighted by atomic mass is 32.1. The molecular weight excluding hydrogens is 258 g/mol. The minimum Gasteiger partial charge on any atom is -0.352 e. The van der Waals surface area contributed by atoms with Gasteiger partial charge in [-0.2, -0.15) is 10.4 Å². The first-order valence-electron chi connectivity index (χ1n) is 5.88. The Morgan fingerprint density at radius 2 is 2.00 bits per heavy atom. The summed E-state index contributed by atoms with van der Waals surface area (Å²) in [5.74, 6) is 0.624. The Hall–Kier alpha value is -2.00. The number of thiazole rings is 1. The van der Waals surface area contributed by atoms with Crippen molar-refractivity contribution in [1.29, 1.82) is 5.26 Å². The van der Waals surface area contributed by atoms with E-state index in [1.54, 1.807) is 11.3 Å². The molecule has 0 radical (unpaired) electrons. The second kappa shape index (κ2) is 5.33.